The number of carbonyl (C=O) groups is 1. The van der Waals surface area contributed by atoms with Gasteiger partial charge in [0.1, 0.15) is 11.8 Å². The number of nitrogens with two attached hydrogens (primary N) is 1. The maximum absolute atomic E-state index is 12.8. The van der Waals surface area contributed by atoms with E-state index in [1.807, 2.05) is 31.2 Å². The fourth-order valence-corrected chi connectivity index (χ4v) is 3.90. The minimum atomic E-state index is -0.305. The summed E-state index contributed by atoms with van der Waals surface area (Å²) in [6.45, 7) is 1.90. The minimum absolute atomic E-state index is 0.0632. The quantitative estimate of drug-likeness (QED) is 0.626. The molecule has 0 saturated heterocycles. The van der Waals surface area contributed by atoms with Gasteiger partial charge in [0.15, 0.2) is 6.04 Å². The monoisotopic (exact) mass is 401 g/mol. The second-order valence-electron chi connectivity index (χ2n) is 6.22. The van der Waals surface area contributed by atoms with Crippen molar-refractivity contribution in [1.29, 1.82) is 0 Å². The lowest BCUT2D eigenvalue weighted by molar-refractivity contribution is -0.703. The van der Waals surface area contributed by atoms with Gasteiger partial charge in [0.2, 0.25) is 0 Å². The first-order valence-corrected chi connectivity index (χ1v) is 9.92. The van der Waals surface area contributed by atoms with Crippen molar-refractivity contribution in [3.63, 3.8) is 0 Å². The van der Waals surface area contributed by atoms with E-state index in [9.17, 15) is 4.79 Å². The van der Waals surface area contributed by atoms with E-state index in [0.29, 0.717) is 16.5 Å². The maximum atomic E-state index is 12.8. The van der Waals surface area contributed by atoms with Crippen molar-refractivity contribution in [2.24, 2.45) is 0 Å². The molecule has 1 amide bonds. The Balaban J connectivity index is 1.77. The highest BCUT2D eigenvalue weighted by Crippen LogP contribution is 2.28. The van der Waals surface area contributed by atoms with E-state index < -0.39 is 0 Å². The summed E-state index contributed by atoms with van der Waals surface area (Å²) < 4.78 is 5.31. The van der Waals surface area contributed by atoms with Crippen molar-refractivity contribution in [2.75, 3.05) is 12.4 Å². The van der Waals surface area contributed by atoms with Gasteiger partial charge in [-0.15, -0.1) is 11.3 Å². The van der Waals surface area contributed by atoms with Gasteiger partial charge in [0.05, 0.1) is 17.7 Å². The Bertz CT molecular complexity index is 884. The SMILES string of the molecule is COc1ccc(Cl)cc1NC(=O)[C@H](C)[NH2+][C@H](c1ccccc1)c1cccs1. The zero-order valence-electron chi connectivity index (χ0n) is 15.2. The highest BCUT2D eigenvalue weighted by molar-refractivity contribution is 7.10. The van der Waals surface area contributed by atoms with Gasteiger partial charge in [-0.1, -0.05) is 48.0 Å². The maximum Gasteiger partial charge on any atom is 0.282 e. The first-order valence-electron chi connectivity index (χ1n) is 8.66. The molecule has 1 heterocycles. The summed E-state index contributed by atoms with van der Waals surface area (Å²) in [4.78, 5) is 14.0. The summed E-state index contributed by atoms with van der Waals surface area (Å²) in [6, 6.07) is 19.3. The zero-order chi connectivity index (χ0) is 19.2. The average molecular weight is 402 g/mol. The molecule has 1 aromatic heterocycles. The molecule has 3 N–H and O–H groups in total. The van der Waals surface area contributed by atoms with Crippen LogP contribution >= 0.6 is 22.9 Å². The van der Waals surface area contributed by atoms with Gasteiger partial charge < -0.3 is 15.4 Å². The smallest absolute Gasteiger partial charge is 0.282 e. The van der Waals surface area contributed by atoms with Crippen LogP contribution in [-0.4, -0.2) is 19.1 Å². The number of carbonyl (C=O) groups excluding carboxylic acids is 1. The van der Waals surface area contributed by atoms with E-state index >= 15 is 0 Å². The third-order valence-corrected chi connectivity index (χ3v) is 5.51. The third-order valence-electron chi connectivity index (χ3n) is 4.32. The topological polar surface area (TPSA) is 54.9 Å². The van der Waals surface area contributed by atoms with Crippen LogP contribution in [0.15, 0.2) is 66.0 Å². The summed E-state index contributed by atoms with van der Waals surface area (Å²) >= 11 is 7.75. The molecule has 0 unspecified atom stereocenters. The molecule has 140 valence electrons. The number of halogens is 1. The van der Waals surface area contributed by atoms with Crippen molar-refractivity contribution in [3.8, 4) is 5.75 Å². The Morgan fingerprint density at radius 2 is 1.93 bits per heavy atom. The van der Waals surface area contributed by atoms with Crippen LogP contribution in [0.4, 0.5) is 5.69 Å². The molecule has 0 aliphatic rings. The molecule has 0 aliphatic heterocycles. The average Bonchev–Trinajstić information content (AvgIpc) is 3.21. The Hall–Kier alpha value is -2.34. The number of anilines is 1. The van der Waals surface area contributed by atoms with E-state index in [1.165, 1.54) is 10.4 Å². The summed E-state index contributed by atoms with van der Waals surface area (Å²) in [5, 5.41) is 7.61. The largest absolute Gasteiger partial charge is 0.495 e. The molecule has 4 nitrogen and oxygen atoms in total. The summed E-state index contributed by atoms with van der Waals surface area (Å²) in [7, 11) is 1.57. The highest BCUT2D eigenvalue weighted by Gasteiger charge is 2.26. The lowest BCUT2D eigenvalue weighted by Crippen LogP contribution is -2.92. The van der Waals surface area contributed by atoms with Crippen molar-refractivity contribution >= 4 is 34.5 Å². The first kappa shape index (κ1) is 19.4. The zero-order valence-corrected chi connectivity index (χ0v) is 16.8. The first-order chi connectivity index (χ1) is 13.1. The summed E-state index contributed by atoms with van der Waals surface area (Å²) in [5.74, 6) is 0.478. The van der Waals surface area contributed by atoms with Gasteiger partial charge in [-0.25, -0.2) is 0 Å². The van der Waals surface area contributed by atoms with Crippen LogP contribution in [0, 0.1) is 0 Å². The molecule has 0 fully saturated rings. The molecule has 2 atom stereocenters. The molecular formula is C21H22ClN2O2S+. The number of hydrogen-bond donors (Lipinski definition) is 2. The van der Waals surface area contributed by atoms with Gasteiger partial charge in [0, 0.05) is 10.6 Å². The van der Waals surface area contributed by atoms with Gasteiger partial charge in [-0.3, -0.25) is 4.79 Å². The lowest BCUT2D eigenvalue weighted by Gasteiger charge is -2.20. The van der Waals surface area contributed by atoms with Crippen LogP contribution < -0.4 is 15.4 Å². The van der Waals surface area contributed by atoms with Gasteiger partial charge in [-0.2, -0.15) is 0 Å². The standard InChI is InChI=1S/C21H21ClN2O2S/c1-14(21(25)24-17-13-16(22)10-11-18(17)26-2)23-20(19-9-6-12-27-19)15-7-4-3-5-8-15/h3-14,20,23H,1-2H3,(H,24,25)/p+1/t14-,20+/m0/s1. The Morgan fingerprint density at radius 1 is 1.15 bits per heavy atom. The van der Waals surface area contributed by atoms with Crippen molar-refractivity contribution in [3.05, 3.63) is 81.5 Å². The molecule has 0 bridgehead atoms. The van der Waals surface area contributed by atoms with Gasteiger partial charge in [-0.05, 0) is 36.6 Å². The Kier molecular flexibility index (Phi) is 6.50. The van der Waals surface area contributed by atoms with E-state index in [-0.39, 0.29) is 18.0 Å². The van der Waals surface area contributed by atoms with Gasteiger partial charge in [0.25, 0.3) is 5.91 Å². The molecule has 3 aromatic rings. The van der Waals surface area contributed by atoms with E-state index in [1.54, 1.807) is 36.6 Å². The number of rotatable bonds is 7. The lowest BCUT2D eigenvalue weighted by atomic mass is 10.0. The number of nitrogens with one attached hydrogen (secondary N) is 1. The van der Waals surface area contributed by atoms with E-state index in [0.717, 1.165) is 0 Å². The fourth-order valence-electron chi connectivity index (χ4n) is 2.90. The van der Waals surface area contributed by atoms with Crippen molar-refractivity contribution in [2.45, 2.75) is 19.0 Å². The summed E-state index contributed by atoms with van der Waals surface area (Å²) in [6.07, 6.45) is 0. The molecule has 3 rings (SSSR count). The predicted octanol–water partition coefficient (Wildman–Crippen LogP) is 4.09. The van der Waals surface area contributed by atoms with Gasteiger partial charge >= 0.3 is 0 Å². The number of ether oxygens (including phenoxy) is 1. The molecule has 0 aliphatic carbocycles. The molecule has 0 radical (unpaired) electrons. The van der Waals surface area contributed by atoms with Crippen LogP contribution in [0.3, 0.4) is 0 Å². The Labute approximate surface area is 168 Å². The molecular weight excluding hydrogens is 380 g/mol. The second-order valence-corrected chi connectivity index (χ2v) is 7.63. The Morgan fingerprint density at radius 3 is 2.59 bits per heavy atom. The van der Waals surface area contributed by atoms with Crippen LogP contribution in [0.25, 0.3) is 0 Å². The molecule has 0 spiro atoms. The number of amides is 1. The number of thiophene rings is 1. The normalized spacial score (nSPS) is 13.0. The molecule has 6 heteroatoms. The predicted molar refractivity (Wildman–Crippen MR) is 111 cm³/mol. The fraction of sp³-hybridized carbons (Fsp3) is 0.190. The highest BCUT2D eigenvalue weighted by atomic mass is 35.5. The van der Waals surface area contributed by atoms with Crippen LogP contribution in [0.2, 0.25) is 5.02 Å². The molecule has 2 aromatic carbocycles. The number of benzene rings is 2. The van der Waals surface area contributed by atoms with E-state index in [2.05, 4.69) is 34.2 Å². The number of quaternary nitrogens is 1. The molecule has 27 heavy (non-hydrogen) atoms. The van der Waals surface area contributed by atoms with Crippen LogP contribution in [-0.2, 0) is 4.79 Å². The van der Waals surface area contributed by atoms with E-state index in [4.69, 9.17) is 16.3 Å². The molecule has 0 saturated carbocycles. The third kappa shape index (κ3) is 4.89. The number of hydrogen-bond acceptors (Lipinski definition) is 3. The minimum Gasteiger partial charge on any atom is -0.495 e. The second kappa shape index (κ2) is 9.04. The van der Waals surface area contributed by atoms with Crippen molar-refractivity contribution < 1.29 is 14.8 Å². The summed E-state index contributed by atoms with van der Waals surface area (Å²) in [5.41, 5.74) is 1.74. The van der Waals surface area contributed by atoms with Crippen molar-refractivity contribution in [1.82, 2.24) is 0 Å². The number of methoxy groups -OCH3 is 1. The van der Waals surface area contributed by atoms with Crippen LogP contribution in [0.5, 0.6) is 5.75 Å². The van der Waals surface area contributed by atoms with Crippen LogP contribution in [0.1, 0.15) is 23.4 Å².